The normalized spacial score (nSPS) is 15.0. The lowest BCUT2D eigenvalue weighted by Crippen LogP contribution is -2.39. The van der Waals surface area contributed by atoms with Crippen molar-refractivity contribution < 1.29 is 33.2 Å². The average Bonchev–Trinajstić information content (AvgIpc) is 2.96. The summed E-state index contributed by atoms with van der Waals surface area (Å²) in [6.07, 6.45) is 1.29. The van der Waals surface area contributed by atoms with Gasteiger partial charge in [-0.1, -0.05) is 30.3 Å². The van der Waals surface area contributed by atoms with Crippen molar-refractivity contribution >= 4 is 16.9 Å². The van der Waals surface area contributed by atoms with Gasteiger partial charge in [0.2, 0.25) is 0 Å². The van der Waals surface area contributed by atoms with Crippen LogP contribution in [0.1, 0.15) is 23.2 Å². The van der Waals surface area contributed by atoms with Crippen LogP contribution in [0.4, 0.5) is 0 Å². The number of methoxy groups -OCH3 is 3. The molecule has 0 bridgehead atoms. The van der Waals surface area contributed by atoms with Crippen molar-refractivity contribution in [3.63, 3.8) is 0 Å². The lowest BCUT2D eigenvalue weighted by atomic mass is 10.0. The molecule has 1 fully saturated rings. The number of carbonyl (C=O) groups is 1. The summed E-state index contributed by atoms with van der Waals surface area (Å²) in [6, 6.07) is 18.9. The summed E-state index contributed by atoms with van der Waals surface area (Å²) in [7, 11) is 2.82. The first-order chi connectivity index (χ1) is 18.0. The number of hydrogen-bond donors (Lipinski definition) is 2. The Morgan fingerprint density at radius 2 is 1.59 bits per heavy atom. The van der Waals surface area contributed by atoms with Crippen LogP contribution in [0.3, 0.4) is 0 Å². The van der Waals surface area contributed by atoms with Gasteiger partial charge in [0.25, 0.3) is 5.91 Å². The first-order valence-corrected chi connectivity index (χ1v) is 12.9. The third kappa shape index (κ3) is 5.71. The van der Waals surface area contributed by atoms with Crippen molar-refractivity contribution in [2.75, 3.05) is 34.4 Å². The minimum atomic E-state index is -1.66. The van der Waals surface area contributed by atoms with E-state index in [4.69, 9.17) is 18.9 Å². The van der Waals surface area contributed by atoms with E-state index in [9.17, 15) is 14.2 Å². The van der Waals surface area contributed by atoms with Crippen molar-refractivity contribution in [3.8, 4) is 34.1 Å². The molecular weight excluding hydrogens is 496 g/mol. The standard InChI is InChI=1S/C27H30N2O7S/c1-33-22-7-5-4-6-21(22)18-8-10-19(11-9-18)36-20-14-16-29(17-15-20)37(32)24-13-12-23(34-2)26(35-3)25(24)27(30)28-31/h4-13,20,31H,14-17H2,1-3H3,(H,28,30). The van der Waals surface area contributed by atoms with Gasteiger partial charge < -0.3 is 18.9 Å². The molecule has 1 aliphatic rings. The molecule has 1 saturated heterocycles. The minimum Gasteiger partial charge on any atom is -0.496 e. The number of rotatable bonds is 9. The Morgan fingerprint density at radius 1 is 0.919 bits per heavy atom. The van der Waals surface area contributed by atoms with Crippen LogP contribution in [0.15, 0.2) is 65.6 Å². The fourth-order valence-electron chi connectivity index (χ4n) is 4.37. The lowest BCUT2D eigenvalue weighted by molar-refractivity contribution is 0.0698. The van der Waals surface area contributed by atoms with Crippen LogP contribution in [-0.4, -0.2) is 60.2 Å². The lowest BCUT2D eigenvalue weighted by Gasteiger charge is -2.31. The van der Waals surface area contributed by atoms with E-state index in [1.54, 1.807) is 29.0 Å². The molecule has 0 radical (unpaired) electrons. The van der Waals surface area contributed by atoms with E-state index in [-0.39, 0.29) is 22.3 Å². The Kier molecular flexibility index (Phi) is 8.65. The number of nitrogens with one attached hydrogen (secondary N) is 1. The Labute approximate surface area is 218 Å². The second-order valence-corrected chi connectivity index (χ2v) is 9.79. The zero-order valence-electron chi connectivity index (χ0n) is 20.9. The zero-order valence-corrected chi connectivity index (χ0v) is 21.7. The number of hydrogen-bond acceptors (Lipinski definition) is 7. The fraction of sp³-hybridized carbons (Fsp3) is 0.296. The van der Waals surface area contributed by atoms with Gasteiger partial charge in [-0.2, -0.15) is 0 Å². The quantitative estimate of drug-likeness (QED) is 0.320. The highest BCUT2D eigenvalue weighted by Crippen LogP contribution is 2.36. The van der Waals surface area contributed by atoms with Crippen LogP contribution in [0, 0.1) is 0 Å². The Balaban J connectivity index is 1.42. The highest BCUT2D eigenvalue weighted by molar-refractivity contribution is 7.82. The number of ether oxygens (including phenoxy) is 4. The molecule has 9 nitrogen and oxygen atoms in total. The van der Waals surface area contributed by atoms with E-state index in [1.165, 1.54) is 14.2 Å². The van der Waals surface area contributed by atoms with E-state index in [1.807, 2.05) is 48.5 Å². The minimum absolute atomic E-state index is 0.0313. The van der Waals surface area contributed by atoms with E-state index < -0.39 is 16.9 Å². The Bertz CT molecular complexity index is 1260. The fourth-order valence-corrected chi connectivity index (χ4v) is 5.73. The smallest absolute Gasteiger partial charge is 0.279 e. The van der Waals surface area contributed by atoms with Crippen molar-refractivity contribution in [1.82, 2.24) is 9.79 Å². The number of piperidine rings is 1. The number of nitrogens with zero attached hydrogens (tertiary/aromatic N) is 1. The van der Waals surface area contributed by atoms with Gasteiger partial charge in [-0.25, -0.2) is 14.0 Å². The van der Waals surface area contributed by atoms with Crippen molar-refractivity contribution in [2.24, 2.45) is 0 Å². The molecule has 3 aromatic carbocycles. The van der Waals surface area contributed by atoms with Crippen LogP contribution in [-0.2, 0) is 11.0 Å². The average molecular weight is 527 g/mol. The third-order valence-corrected chi connectivity index (χ3v) is 7.79. The number of hydroxylamine groups is 1. The van der Waals surface area contributed by atoms with Crippen LogP contribution < -0.4 is 24.4 Å². The van der Waals surface area contributed by atoms with Gasteiger partial charge in [0, 0.05) is 18.7 Å². The molecule has 2 N–H and O–H groups in total. The first-order valence-electron chi connectivity index (χ1n) is 11.8. The van der Waals surface area contributed by atoms with Gasteiger partial charge in [0.1, 0.15) is 34.2 Å². The van der Waals surface area contributed by atoms with Gasteiger partial charge in [0.15, 0.2) is 11.5 Å². The molecule has 1 aliphatic heterocycles. The molecule has 1 atom stereocenters. The Morgan fingerprint density at radius 3 is 2.22 bits per heavy atom. The molecule has 4 rings (SSSR count). The van der Waals surface area contributed by atoms with E-state index in [0.29, 0.717) is 31.7 Å². The van der Waals surface area contributed by atoms with E-state index in [0.717, 1.165) is 22.6 Å². The predicted molar refractivity (Wildman–Crippen MR) is 139 cm³/mol. The molecule has 0 spiro atoms. The maximum atomic E-state index is 13.4. The maximum Gasteiger partial charge on any atom is 0.279 e. The molecule has 10 heteroatoms. The summed E-state index contributed by atoms with van der Waals surface area (Å²) in [4.78, 5) is 12.6. The van der Waals surface area contributed by atoms with E-state index >= 15 is 0 Å². The van der Waals surface area contributed by atoms with Gasteiger partial charge >= 0.3 is 0 Å². The predicted octanol–water partition coefficient (Wildman–Crippen LogP) is 4.06. The van der Waals surface area contributed by atoms with Crippen molar-refractivity contribution in [1.29, 1.82) is 0 Å². The highest BCUT2D eigenvalue weighted by atomic mass is 32.2. The van der Waals surface area contributed by atoms with Gasteiger partial charge in [-0.15, -0.1) is 0 Å². The molecular formula is C27H30N2O7S. The summed E-state index contributed by atoms with van der Waals surface area (Å²) in [5.41, 5.74) is 3.62. The summed E-state index contributed by atoms with van der Waals surface area (Å²) in [6.45, 7) is 1.01. The van der Waals surface area contributed by atoms with Gasteiger partial charge in [-0.3, -0.25) is 10.0 Å². The van der Waals surface area contributed by atoms with Crippen molar-refractivity contribution in [3.05, 3.63) is 66.2 Å². The zero-order chi connectivity index (χ0) is 26.4. The second-order valence-electron chi connectivity index (χ2n) is 8.34. The highest BCUT2D eigenvalue weighted by Gasteiger charge is 2.30. The largest absolute Gasteiger partial charge is 0.496 e. The summed E-state index contributed by atoms with van der Waals surface area (Å²) < 4.78 is 37.4. The molecule has 1 heterocycles. The number of benzene rings is 3. The van der Waals surface area contributed by atoms with Gasteiger partial charge in [0.05, 0.1) is 26.2 Å². The molecule has 196 valence electrons. The summed E-state index contributed by atoms with van der Waals surface area (Å²) in [5.74, 6) is 1.15. The molecule has 0 aliphatic carbocycles. The molecule has 3 aromatic rings. The van der Waals surface area contributed by atoms with Crippen LogP contribution in [0.25, 0.3) is 11.1 Å². The third-order valence-electron chi connectivity index (χ3n) is 6.23. The number of carbonyl (C=O) groups excluding carboxylic acids is 1. The van der Waals surface area contributed by atoms with Crippen LogP contribution >= 0.6 is 0 Å². The summed E-state index contributed by atoms with van der Waals surface area (Å²) >= 11 is 0. The monoisotopic (exact) mass is 526 g/mol. The number of para-hydroxylation sites is 1. The van der Waals surface area contributed by atoms with Crippen LogP contribution in [0.5, 0.6) is 23.0 Å². The SMILES string of the molecule is COc1ccccc1-c1ccc(OC2CCN(S(=O)c3ccc(OC)c(OC)c3C(=O)NO)CC2)cc1. The van der Waals surface area contributed by atoms with Crippen molar-refractivity contribution in [2.45, 2.75) is 23.8 Å². The Hall–Kier alpha value is -3.60. The van der Waals surface area contributed by atoms with Gasteiger partial charge in [-0.05, 0) is 48.7 Å². The number of amides is 1. The molecule has 37 heavy (non-hydrogen) atoms. The molecule has 1 amide bonds. The first kappa shape index (κ1) is 26.5. The van der Waals surface area contributed by atoms with Crippen LogP contribution in [0.2, 0.25) is 0 Å². The maximum absolute atomic E-state index is 13.4. The molecule has 0 saturated carbocycles. The molecule has 0 aromatic heterocycles. The molecule has 1 unspecified atom stereocenters. The summed E-state index contributed by atoms with van der Waals surface area (Å²) in [5, 5.41) is 9.24. The van der Waals surface area contributed by atoms with E-state index in [2.05, 4.69) is 0 Å². The topological polar surface area (TPSA) is 107 Å². The second kappa shape index (κ2) is 12.1.